The molecule has 1 unspecified atom stereocenters. The van der Waals surface area contributed by atoms with Gasteiger partial charge in [-0.1, -0.05) is 46.3 Å². The highest BCUT2D eigenvalue weighted by atomic mass is 127. The van der Waals surface area contributed by atoms with Crippen LogP contribution in [0.1, 0.15) is 48.5 Å². The molecule has 1 heterocycles. The molecule has 1 N–H and O–H groups in total. The molecule has 30 heavy (non-hydrogen) atoms. The zero-order valence-corrected chi connectivity index (χ0v) is 19.8. The highest BCUT2D eigenvalue weighted by molar-refractivity contribution is 14.1. The van der Waals surface area contributed by atoms with Gasteiger partial charge in [-0.3, -0.25) is 4.79 Å². The number of amides is 1. The van der Waals surface area contributed by atoms with Crippen LogP contribution in [0.4, 0.5) is 4.39 Å². The molecular formula is C24H25ClFIN2O. The third-order valence-electron chi connectivity index (χ3n) is 6.15. The molecule has 1 fully saturated rings. The van der Waals surface area contributed by atoms with Gasteiger partial charge in [0, 0.05) is 33.1 Å². The van der Waals surface area contributed by atoms with Crippen molar-refractivity contribution in [3.8, 4) is 0 Å². The normalized spacial score (nSPS) is 20.3. The van der Waals surface area contributed by atoms with Crippen molar-refractivity contribution in [2.24, 2.45) is 5.92 Å². The first-order valence-corrected chi connectivity index (χ1v) is 12.0. The van der Waals surface area contributed by atoms with Crippen LogP contribution >= 0.6 is 34.2 Å². The number of carbonyl (C=O) groups is 1. The third kappa shape index (κ3) is 4.67. The molecule has 0 spiro atoms. The smallest absolute Gasteiger partial charge is 0.253 e. The van der Waals surface area contributed by atoms with Gasteiger partial charge in [-0.25, -0.2) is 4.39 Å². The van der Waals surface area contributed by atoms with E-state index in [1.807, 2.05) is 35.0 Å². The van der Waals surface area contributed by atoms with Gasteiger partial charge in [0.1, 0.15) is 5.82 Å². The molecule has 3 nitrogen and oxygen atoms in total. The molecule has 6 heteroatoms. The minimum absolute atomic E-state index is 0.0983. The van der Waals surface area contributed by atoms with Gasteiger partial charge in [-0.05, 0) is 74.4 Å². The van der Waals surface area contributed by atoms with Crippen molar-refractivity contribution in [1.29, 1.82) is 0 Å². The first-order valence-electron chi connectivity index (χ1n) is 10.4. The van der Waals surface area contributed by atoms with E-state index in [0.717, 1.165) is 22.3 Å². The van der Waals surface area contributed by atoms with Crippen molar-refractivity contribution < 1.29 is 9.18 Å². The number of carbonyl (C=O) groups excluding carboxylic acids is 1. The molecule has 1 amide bonds. The molecule has 1 aromatic heterocycles. The van der Waals surface area contributed by atoms with Crippen LogP contribution in [0.25, 0.3) is 10.9 Å². The van der Waals surface area contributed by atoms with Crippen molar-refractivity contribution in [2.75, 3.05) is 0 Å². The highest BCUT2D eigenvalue weighted by Gasteiger charge is 2.26. The molecule has 1 saturated carbocycles. The zero-order chi connectivity index (χ0) is 21.3. The molecule has 2 aromatic carbocycles. The van der Waals surface area contributed by atoms with Gasteiger partial charge in [0.15, 0.2) is 0 Å². The molecule has 0 aliphatic heterocycles. The number of fused-ring (bicyclic) bond motifs is 1. The van der Waals surface area contributed by atoms with Crippen LogP contribution in [0, 0.1) is 11.7 Å². The number of aromatic nitrogens is 1. The lowest BCUT2D eigenvalue weighted by atomic mass is 9.84. The molecule has 158 valence electrons. The number of hydrogen-bond donors (Lipinski definition) is 1. The summed E-state index contributed by atoms with van der Waals surface area (Å²) in [7, 11) is 0. The Morgan fingerprint density at radius 1 is 1.17 bits per heavy atom. The van der Waals surface area contributed by atoms with Gasteiger partial charge in [0.2, 0.25) is 0 Å². The van der Waals surface area contributed by atoms with E-state index < -0.39 is 0 Å². The SMILES string of the molecule is CC(NC(=O)c1ccc(F)c2ccn(Cc3ccc(Cl)cc3)c12)[C@H]1CC[C@H](I)CC1. The molecule has 3 aromatic rings. The van der Waals surface area contributed by atoms with Crippen LogP contribution in [0.3, 0.4) is 0 Å². The van der Waals surface area contributed by atoms with Gasteiger partial charge in [0.05, 0.1) is 11.1 Å². The second-order valence-corrected chi connectivity index (χ2v) is 10.4. The van der Waals surface area contributed by atoms with Crippen LogP contribution in [-0.2, 0) is 6.54 Å². The second-order valence-electron chi connectivity index (χ2n) is 8.20. The van der Waals surface area contributed by atoms with E-state index in [4.69, 9.17) is 11.6 Å². The summed E-state index contributed by atoms with van der Waals surface area (Å²) in [5.41, 5.74) is 2.18. The van der Waals surface area contributed by atoms with Crippen molar-refractivity contribution >= 4 is 51.0 Å². The van der Waals surface area contributed by atoms with Gasteiger partial charge >= 0.3 is 0 Å². The fourth-order valence-corrected chi connectivity index (χ4v) is 5.22. The molecule has 1 aliphatic carbocycles. The fraction of sp³-hybridized carbons (Fsp3) is 0.375. The predicted octanol–water partition coefficient (Wildman–Crippen LogP) is 6.59. The Labute approximate surface area is 195 Å². The number of halogens is 3. The fourth-order valence-electron chi connectivity index (χ4n) is 4.37. The summed E-state index contributed by atoms with van der Waals surface area (Å²) in [6.07, 6.45) is 6.53. The Bertz CT molecular complexity index is 1040. The lowest BCUT2D eigenvalue weighted by molar-refractivity contribution is 0.0921. The molecule has 4 rings (SSSR count). The maximum absolute atomic E-state index is 14.5. The van der Waals surface area contributed by atoms with E-state index in [-0.39, 0.29) is 17.8 Å². The maximum atomic E-state index is 14.5. The van der Waals surface area contributed by atoms with Gasteiger partial charge in [0.25, 0.3) is 5.91 Å². The second kappa shape index (κ2) is 9.27. The summed E-state index contributed by atoms with van der Waals surface area (Å²) >= 11 is 8.50. The standard InChI is InChI=1S/C24H25ClFIN2O/c1-15(17-4-8-19(27)9-5-17)28-24(30)21-10-11-22(26)20-12-13-29(23(20)21)14-16-2-6-18(25)7-3-16/h2-3,6-7,10-13,15,17,19H,4-5,8-9,14H2,1H3,(H,28,30)/t15?,17-,19-. The average Bonchev–Trinajstić information content (AvgIpc) is 3.15. The number of alkyl halides is 1. The van der Waals surface area contributed by atoms with Crippen molar-refractivity contribution in [3.05, 3.63) is 70.6 Å². The van der Waals surface area contributed by atoms with E-state index in [0.29, 0.717) is 34.0 Å². The number of hydrogen-bond acceptors (Lipinski definition) is 1. The number of benzene rings is 2. The summed E-state index contributed by atoms with van der Waals surface area (Å²) in [5.74, 6) is 0.0433. The van der Waals surface area contributed by atoms with E-state index in [9.17, 15) is 9.18 Å². The van der Waals surface area contributed by atoms with Gasteiger partial charge in [-0.15, -0.1) is 0 Å². The van der Waals surface area contributed by atoms with Crippen molar-refractivity contribution in [2.45, 2.75) is 49.1 Å². The summed E-state index contributed by atoms with van der Waals surface area (Å²) in [6.45, 7) is 2.63. The Morgan fingerprint density at radius 2 is 1.87 bits per heavy atom. The summed E-state index contributed by atoms with van der Waals surface area (Å²) in [4.78, 5) is 13.2. The first-order chi connectivity index (χ1) is 14.4. The van der Waals surface area contributed by atoms with Crippen LogP contribution in [-0.4, -0.2) is 20.4 Å². The highest BCUT2D eigenvalue weighted by Crippen LogP contribution is 2.31. The Hall–Kier alpha value is -1.60. The number of nitrogens with zero attached hydrogens (tertiary/aromatic N) is 1. The molecular weight excluding hydrogens is 514 g/mol. The Morgan fingerprint density at radius 3 is 2.57 bits per heavy atom. The van der Waals surface area contributed by atoms with Crippen LogP contribution in [0.5, 0.6) is 0 Å². The van der Waals surface area contributed by atoms with Crippen LogP contribution in [0.15, 0.2) is 48.7 Å². The Kier molecular flexibility index (Phi) is 6.68. The topological polar surface area (TPSA) is 34.0 Å². The van der Waals surface area contributed by atoms with Gasteiger partial charge < -0.3 is 9.88 Å². The quantitative estimate of drug-likeness (QED) is 0.288. The third-order valence-corrected chi connectivity index (χ3v) is 7.65. The van der Waals surface area contributed by atoms with Crippen LogP contribution < -0.4 is 5.32 Å². The van der Waals surface area contributed by atoms with E-state index >= 15 is 0 Å². The zero-order valence-electron chi connectivity index (χ0n) is 16.9. The van der Waals surface area contributed by atoms with E-state index in [1.165, 1.54) is 18.9 Å². The lowest BCUT2D eigenvalue weighted by Crippen LogP contribution is -2.39. The van der Waals surface area contributed by atoms with Gasteiger partial charge in [-0.2, -0.15) is 0 Å². The number of rotatable bonds is 5. The Balaban J connectivity index is 1.60. The van der Waals surface area contributed by atoms with Crippen molar-refractivity contribution in [1.82, 2.24) is 9.88 Å². The van der Waals surface area contributed by atoms with Crippen molar-refractivity contribution in [3.63, 3.8) is 0 Å². The largest absolute Gasteiger partial charge is 0.349 e. The molecule has 0 radical (unpaired) electrons. The lowest BCUT2D eigenvalue weighted by Gasteiger charge is -2.30. The summed E-state index contributed by atoms with van der Waals surface area (Å²) in [5, 5.41) is 4.33. The maximum Gasteiger partial charge on any atom is 0.253 e. The average molecular weight is 539 g/mol. The monoisotopic (exact) mass is 538 g/mol. The molecule has 1 aliphatic rings. The molecule has 0 bridgehead atoms. The molecule has 0 saturated heterocycles. The minimum Gasteiger partial charge on any atom is -0.349 e. The van der Waals surface area contributed by atoms with E-state index in [2.05, 4.69) is 34.8 Å². The molecule has 1 atom stereocenters. The first kappa shape index (κ1) is 21.6. The number of nitrogens with one attached hydrogen (secondary N) is 1. The van der Waals surface area contributed by atoms with Crippen LogP contribution in [0.2, 0.25) is 5.02 Å². The summed E-state index contributed by atoms with van der Waals surface area (Å²) < 4.78 is 17.1. The predicted molar refractivity (Wildman–Crippen MR) is 129 cm³/mol. The summed E-state index contributed by atoms with van der Waals surface area (Å²) in [6, 6.07) is 12.4. The van der Waals surface area contributed by atoms with E-state index in [1.54, 1.807) is 12.1 Å². The minimum atomic E-state index is -0.315.